The molecule has 0 spiro atoms. The number of aliphatic carboxylic acids is 1. The molecule has 0 aliphatic heterocycles. The number of aryl methyl sites for hydroxylation is 1. The highest BCUT2D eigenvalue weighted by molar-refractivity contribution is 5.80. The molecular weight excluding hydrogens is 266 g/mol. The van der Waals surface area contributed by atoms with Crippen LogP contribution in [0.25, 0.3) is 0 Å². The number of nitrogens with one attached hydrogen (secondary N) is 1. The summed E-state index contributed by atoms with van der Waals surface area (Å²) in [5.74, 6) is -0.480. The van der Waals surface area contributed by atoms with Gasteiger partial charge in [-0.2, -0.15) is 5.10 Å². The SMILES string of the molecule is CCc1c(C)nn(CC(NC2CC2)(C(=O)O)C2CC2)c1C. The molecule has 2 aliphatic rings. The molecule has 0 bridgehead atoms. The van der Waals surface area contributed by atoms with Crippen LogP contribution in [0.1, 0.15) is 49.6 Å². The molecule has 2 saturated carbocycles. The summed E-state index contributed by atoms with van der Waals surface area (Å²) in [7, 11) is 0. The Kier molecular flexibility index (Phi) is 3.56. The van der Waals surface area contributed by atoms with Crippen molar-refractivity contribution in [2.24, 2.45) is 5.92 Å². The van der Waals surface area contributed by atoms with Gasteiger partial charge in [0.25, 0.3) is 0 Å². The Morgan fingerprint density at radius 2 is 2.05 bits per heavy atom. The van der Waals surface area contributed by atoms with Crippen LogP contribution in [0.2, 0.25) is 0 Å². The van der Waals surface area contributed by atoms with Crippen molar-refractivity contribution >= 4 is 5.97 Å². The van der Waals surface area contributed by atoms with Gasteiger partial charge in [0, 0.05) is 11.7 Å². The predicted molar refractivity (Wildman–Crippen MR) is 80.3 cm³/mol. The first-order valence-corrected chi connectivity index (χ1v) is 8.02. The Balaban J connectivity index is 1.92. The molecule has 116 valence electrons. The third-order valence-electron chi connectivity index (χ3n) is 4.98. The van der Waals surface area contributed by atoms with Gasteiger partial charge < -0.3 is 5.11 Å². The van der Waals surface area contributed by atoms with Gasteiger partial charge in [-0.15, -0.1) is 0 Å². The zero-order valence-electron chi connectivity index (χ0n) is 13.1. The molecule has 5 nitrogen and oxygen atoms in total. The van der Waals surface area contributed by atoms with Crippen LogP contribution in [0.4, 0.5) is 0 Å². The first-order valence-electron chi connectivity index (χ1n) is 8.02. The number of carbonyl (C=O) groups is 1. The third-order valence-corrected chi connectivity index (χ3v) is 4.98. The van der Waals surface area contributed by atoms with E-state index in [4.69, 9.17) is 0 Å². The molecule has 21 heavy (non-hydrogen) atoms. The Labute approximate surface area is 125 Å². The van der Waals surface area contributed by atoms with Gasteiger partial charge in [-0.1, -0.05) is 6.92 Å². The van der Waals surface area contributed by atoms with E-state index in [0.29, 0.717) is 12.6 Å². The zero-order valence-corrected chi connectivity index (χ0v) is 13.1. The van der Waals surface area contributed by atoms with Gasteiger partial charge in [0.05, 0.1) is 12.2 Å². The third kappa shape index (κ3) is 2.59. The molecule has 0 radical (unpaired) electrons. The van der Waals surface area contributed by atoms with Gasteiger partial charge in [-0.05, 0) is 57.4 Å². The monoisotopic (exact) mass is 291 g/mol. The van der Waals surface area contributed by atoms with Crippen molar-refractivity contribution in [3.05, 3.63) is 17.0 Å². The summed E-state index contributed by atoms with van der Waals surface area (Å²) in [6.07, 6.45) is 5.15. The summed E-state index contributed by atoms with van der Waals surface area (Å²) in [4.78, 5) is 12.0. The van der Waals surface area contributed by atoms with E-state index in [1.165, 1.54) is 5.56 Å². The molecule has 0 aromatic carbocycles. The van der Waals surface area contributed by atoms with Gasteiger partial charge in [-0.25, -0.2) is 0 Å². The molecule has 1 aromatic heterocycles. The van der Waals surface area contributed by atoms with Crippen LogP contribution >= 0.6 is 0 Å². The maximum Gasteiger partial charge on any atom is 0.326 e. The van der Waals surface area contributed by atoms with E-state index in [9.17, 15) is 9.90 Å². The van der Waals surface area contributed by atoms with E-state index < -0.39 is 11.5 Å². The number of nitrogens with zero attached hydrogens (tertiary/aromatic N) is 2. The number of hydrogen-bond donors (Lipinski definition) is 2. The quantitative estimate of drug-likeness (QED) is 0.807. The summed E-state index contributed by atoms with van der Waals surface area (Å²) in [5, 5.41) is 17.9. The minimum Gasteiger partial charge on any atom is -0.480 e. The Bertz CT molecular complexity index is 558. The minimum absolute atomic E-state index is 0.240. The van der Waals surface area contributed by atoms with Crippen LogP contribution in [-0.4, -0.2) is 32.4 Å². The smallest absolute Gasteiger partial charge is 0.326 e. The number of carboxylic acid groups (broad SMARTS) is 1. The van der Waals surface area contributed by atoms with Crippen molar-refractivity contribution in [2.75, 3.05) is 0 Å². The summed E-state index contributed by atoms with van der Waals surface area (Å²) in [6.45, 7) is 6.62. The fraction of sp³-hybridized carbons (Fsp3) is 0.750. The van der Waals surface area contributed by atoms with Crippen molar-refractivity contribution in [2.45, 2.75) is 71.0 Å². The maximum absolute atomic E-state index is 12.0. The zero-order chi connectivity index (χ0) is 15.2. The van der Waals surface area contributed by atoms with Gasteiger partial charge in [-0.3, -0.25) is 14.8 Å². The summed E-state index contributed by atoms with van der Waals surface area (Å²) >= 11 is 0. The van der Waals surface area contributed by atoms with E-state index in [1.54, 1.807) is 0 Å². The lowest BCUT2D eigenvalue weighted by Crippen LogP contribution is -2.58. The average Bonchev–Trinajstić information content (AvgIpc) is 3.30. The van der Waals surface area contributed by atoms with Crippen molar-refractivity contribution in [1.82, 2.24) is 15.1 Å². The highest BCUT2D eigenvalue weighted by Gasteiger charge is 2.53. The fourth-order valence-electron chi connectivity index (χ4n) is 3.40. The molecule has 1 atom stereocenters. The maximum atomic E-state index is 12.0. The van der Waals surface area contributed by atoms with E-state index in [1.807, 2.05) is 11.6 Å². The van der Waals surface area contributed by atoms with Crippen molar-refractivity contribution in [3.8, 4) is 0 Å². The molecule has 1 unspecified atom stereocenters. The molecule has 5 heteroatoms. The van der Waals surface area contributed by atoms with Crippen LogP contribution in [0.5, 0.6) is 0 Å². The largest absolute Gasteiger partial charge is 0.480 e. The Morgan fingerprint density at radius 1 is 1.38 bits per heavy atom. The Morgan fingerprint density at radius 3 is 2.48 bits per heavy atom. The summed E-state index contributed by atoms with van der Waals surface area (Å²) in [6, 6.07) is 0.379. The minimum atomic E-state index is -0.838. The van der Waals surface area contributed by atoms with Crippen LogP contribution in [0.3, 0.4) is 0 Å². The van der Waals surface area contributed by atoms with Crippen LogP contribution in [0.15, 0.2) is 0 Å². The Hall–Kier alpha value is -1.36. The summed E-state index contributed by atoms with van der Waals surface area (Å²) < 4.78 is 1.91. The van der Waals surface area contributed by atoms with Crippen molar-refractivity contribution in [3.63, 3.8) is 0 Å². The first kappa shape index (κ1) is 14.6. The van der Waals surface area contributed by atoms with Gasteiger partial charge in [0.15, 0.2) is 0 Å². The van der Waals surface area contributed by atoms with Crippen LogP contribution in [-0.2, 0) is 17.8 Å². The lowest BCUT2D eigenvalue weighted by atomic mass is 9.92. The molecule has 2 aliphatic carbocycles. The number of hydrogen-bond acceptors (Lipinski definition) is 3. The number of aromatic nitrogens is 2. The second-order valence-corrected chi connectivity index (χ2v) is 6.63. The lowest BCUT2D eigenvalue weighted by molar-refractivity contribution is -0.147. The van der Waals surface area contributed by atoms with Crippen LogP contribution in [0, 0.1) is 19.8 Å². The molecule has 1 heterocycles. The molecule has 0 amide bonds. The molecule has 3 rings (SSSR count). The predicted octanol–water partition coefficient (Wildman–Crippen LogP) is 2.05. The second-order valence-electron chi connectivity index (χ2n) is 6.63. The fourth-order valence-corrected chi connectivity index (χ4v) is 3.40. The van der Waals surface area contributed by atoms with Gasteiger partial charge >= 0.3 is 5.97 Å². The topological polar surface area (TPSA) is 67.2 Å². The van der Waals surface area contributed by atoms with Crippen molar-refractivity contribution in [1.29, 1.82) is 0 Å². The molecule has 1 aromatic rings. The normalized spacial score (nSPS) is 21.3. The average molecular weight is 291 g/mol. The van der Waals surface area contributed by atoms with Gasteiger partial charge in [0.2, 0.25) is 0 Å². The highest BCUT2D eigenvalue weighted by atomic mass is 16.4. The van der Waals surface area contributed by atoms with E-state index in [0.717, 1.165) is 43.5 Å². The van der Waals surface area contributed by atoms with Gasteiger partial charge in [0.1, 0.15) is 5.54 Å². The van der Waals surface area contributed by atoms with Crippen LogP contribution < -0.4 is 5.32 Å². The summed E-state index contributed by atoms with van der Waals surface area (Å²) in [5.41, 5.74) is 2.54. The molecule has 2 N–H and O–H groups in total. The molecular formula is C16H25N3O2. The highest BCUT2D eigenvalue weighted by Crippen LogP contribution is 2.43. The van der Waals surface area contributed by atoms with E-state index in [2.05, 4.69) is 24.3 Å². The lowest BCUT2D eigenvalue weighted by Gasteiger charge is -2.31. The number of rotatable bonds is 7. The molecule has 0 saturated heterocycles. The van der Waals surface area contributed by atoms with E-state index in [-0.39, 0.29) is 5.92 Å². The standard InChI is InChI=1S/C16H25N3O2/c1-4-14-10(2)18-19(11(14)3)9-16(15(20)21,12-5-6-12)17-13-7-8-13/h12-13,17H,4-9H2,1-3H3,(H,20,21). The first-order chi connectivity index (χ1) is 9.98. The second kappa shape index (κ2) is 5.13. The van der Waals surface area contributed by atoms with Crippen molar-refractivity contribution < 1.29 is 9.90 Å². The van der Waals surface area contributed by atoms with E-state index >= 15 is 0 Å². The molecule has 2 fully saturated rings. The number of carboxylic acids is 1.